The first-order valence-corrected chi connectivity index (χ1v) is 12.7. The predicted molar refractivity (Wildman–Crippen MR) is 146 cm³/mol. The van der Waals surface area contributed by atoms with Gasteiger partial charge in [-0.1, -0.05) is 71.7 Å². The summed E-state index contributed by atoms with van der Waals surface area (Å²) in [7, 11) is 0. The lowest BCUT2D eigenvalue weighted by Gasteiger charge is -2.32. The maximum Gasteiger partial charge on any atom is 0.261 e. The fourth-order valence-electron chi connectivity index (χ4n) is 3.85. The SMILES string of the molecule is Cc1ccc(C)c(OCC(=O)N(Cc2ccc(Cl)c(Cl)c2)[C@@H](Cc2ccccc2)C(=O)NC(C)C)c1. The summed E-state index contributed by atoms with van der Waals surface area (Å²) in [5.74, 6) is 0.111. The second kappa shape index (κ2) is 12.8. The van der Waals surface area contributed by atoms with Gasteiger partial charge >= 0.3 is 0 Å². The van der Waals surface area contributed by atoms with Gasteiger partial charge in [0, 0.05) is 19.0 Å². The second-order valence-electron chi connectivity index (χ2n) is 9.20. The number of carbonyl (C=O) groups excluding carboxylic acids is 2. The molecule has 0 unspecified atom stereocenters. The summed E-state index contributed by atoms with van der Waals surface area (Å²) in [6.45, 7) is 7.66. The Kier molecular flexibility index (Phi) is 9.80. The molecular formula is C29H32Cl2N2O3. The minimum atomic E-state index is -0.751. The van der Waals surface area contributed by atoms with Crippen molar-refractivity contribution in [3.63, 3.8) is 0 Å². The minimum absolute atomic E-state index is 0.0797. The number of hydrogen-bond donors (Lipinski definition) is 1. The molecule has 3 aromatic carbocycles. The topological polar surface area (TPSA) is 58.6 Å². The largest absolute Gasteiger partial charge is 0.483 e. The number of benzene rings is 3. The molecule has 7 heteroatoms. The van der Waals surface area contributed by atoms with Crippen LogP contribution in [0.15, 0.2) is 66.7 Å². The van der Waals surface area contributed by atoms with Gasteiger partial charge in [-0.05, 0) is 68.1 Å². The van der Waals surface area contributed by atoms with Crippen molar-refractivity contribution in [2.45, 2.75) is 52.7 Å². The van der Waals surface area contributed by atoms with Crippen molar-refractivity contribution in [3.05, 3.63) is 99.0 Å². The lowest BCUT2D eigenvalue weighted by atomic mass is 10.0. The average molecular weight is 527 g/mol. The number of aryl methyl sites for hydroxylation is 2. The zero-order valence-electron chi connectivity index (χ0n) is 21.1. The third kappa shape index (κ3) is 7.74. The number of ether oxygens (including phenoxy) is 1. The number of rotatable bonds is 10. The monoisotopic (exact) mass is 526 g/mol. The molecular weight excluding hydrogens is 495 g/mol. The molecule has 3 aromatic rings. The van der Waals surface area contributed by atoms with E-state index in [1.165, 1.54) is 0 Å². The Morgan fingerprint density at radius 3 is 2.31 bits per heavy atom. The standard InChI is InChI=1S/C29H32Cl2N2O3/c1-19(2)32-29(35)26(16-22-8-6-5-7-9-22)33(17-23-12-13-24(30)25(31)15-23)28(34)18-36-27-14-20(3)10-11-21(27)4/h5-15,19,26H,16-18H2,1-4H3,(H,32,35)/t26-/m0/s1. The Morgan fingerprint density at radius 2 is 1.64 bits per heavy atom. The van der Waals surface area contributed by atoms with Crippen LogP contribution in [0.4, 0.5) is 0 Å². The number of carbonyl (C=O) groups is 2. The molecule has 0 aliphatic rings. The van der Waals surface area contributed by atoms with Gasteiger partial charge in [0.05, 0.1) is 10.0 Å². The summed E-state index contributed by atoms with van der Waals surface area (Å²) in [5.41, 5.74) is 3.68. The Bertz CT molecular complexity index is 1200. The third-order valence-corrected chi connectivity index (χ3v) is 6.47. The molecule has 0 heterocycles. The van der Waals surface area contributed by atoms with Crippen LogP contribution in [0.2, 0.25) is 10.0 Å². The van der Waals surface area contributed by atoms with E-state index in [4.69, 9.17) is 27.9 Å². The van der Waals surface area contributed by atoms with E-state index in [-0.39, 0.29) is 31.0 Å². The Balaban J connectivity index is 1.94. The molecule has 1 N–H and O–H groups in total. The minimum Gasteiger partial charge on any atom is -0.483 e. The van der Waals surface area contributed by atoms with Crippen molar-refractivity contribution >= 4 is 35.0 Å². The molecule has 2 amide bonds. The molecule has 0 saturated carbocycles. The summed E-state index contributed by atoms with van der Waals surface area (Å²) in [4.78, 5) is 28.6. The van der Waals surface area contributed by atoms with E-state index < -0.39 is 6.04 Å². The maximum absolute atomic E-state index is 13.7. The summed E-state index contributed by atoms with van der Waals surface area (Å²) in [6, 6.07) is 19.9. The van der Waals surface area contributed by atoms with E-state index in [0.717, 1.165) is 22.3 Å². The van der Waals surface area contributed by atoms with Gasteiger partial charge in [0.25, 0.3) is 5.91 Å². The van der Waals surface area contributed by atoms with Gasteiger partial charge in [-0.2, -0.15) is 0 Å². The molecule has 190 valence electrons. The van der Waals surface area contributed by atoms with Gasteiger partial charge in [0.15, 0.2) is 6.61 Å². The first-order valence-electron chi connectivity index (χ1n) is 11.9. The molecule has 5 nitrogen and oxygen atoms in total. The predicted octanol–water partition coefficient (Wildman–Crippen LogP) is 6.15. The number of nitrogens with one attached hydrogen (secondary N) is 1. The number of nitrogens with zero attached hydrogens (tertiary/aromatic N) is 1. The van der Waals surface area contributed by atoms with Crippen LogP contribution in [0, 0.1) is 13.8 Å². The number of hydrogen-bond acceptors (Lipinski definition) is 3. The lowest BCUT2D eigenvalue weighted by molar-refractivity contribution is -0.143. The van der Waals surface area contributed by atoms with E-state index in [1.807, 2.05) is 76.2 Å². The first kappa shape index (κ1) is 27.6. The normalized spacial score (nSPS) is 11.8. The maximum atomic E-state index is 13.7. The van der Waals surface area contributed by atoms with Crippen molar-refractivity contribution < 1.29 is 14.3 Å². The van der Waals surface area contributed by atoms with Crippen LogP contribution in [-0.2, 0) is 22.6 Å². The molecule has 0 radical (unpaired) electrons. The van der Waals surface area contributed by atoms with Crippen molar-refractivity contribution in [3.8, 4) is 5.75 Å². The summed E-state index contributed by atoms with van der Waals surface area (Å²) >= 11 is 12.4. The van der Waals surface area contributed by atoms with Gasteiger partial charge < -0.3 is 15.0 Å². The average Bonchev–Trinajstić information content (AvgIpc) is 2.84. The molecule has 0 bridgehead atoms. The quantitative estimate of drug-likeness (QED) is 0.344. The molecule has 3 rings (SSSR count). The molecule has 0 aromatic heterocycles. The first-order chi connectivity index (χ1) is 17.1. The van der Waals surface area contributed by atoms with Crippen LogP contribution < -0.4 is 10.1 Å². The molecule has 0 aliphatic heterocycles. The molecule has 0 aliphatic carbocycles. The van der Waals surface area contributed by atoms with E-state index in [9.17, 15) is 9.59 Å². The molecule has 1 atom stereocenters. The van der Waals surface area contributed by atoms with Crippen LogP contribution in [0.5, 0.6) is 5.75 Å². The Labute approximate surface area is 223 Å². The van der Waals surface area contributed by atoms with Crippen LogP contribution in [0.25, 0.3) is 0 Å². The number of halogens is 2. The van der Waals surface area contributed by atoms with Gasteiger partial charge in [-0.3, -0.25) is 9.59 Å². The van der Waals surface area contributed by atoms with Crippen molar-refractivity contribution in [2.75, 3.05) is 6.61 Å². The van der Waals surface area contributed by atoms with E-state index in [0.29, 0.717) is 22.2 Å². The van der Waals surface area contributed by atoms with Gasteiger partial charge in [0.2, 0.25) is 5.91 Å². The second-order valence-corrected chi connectivity index (χ2v) is 10.0. The van der Waals surface area contributed by atoms with Gasteiger partial charge in [-0.15, -0.1) is 0 Å². The van der Waals surface area contributed by atoms with Crippen LogP contribution >= 0.6 is 23.2 Å². The Morgan fingerprint density at radius 1 is 0.917 bits per heavy atom. The summed E-state index contributed by atoms with van der Waals surface area (Å²) < 4.78 is 5.93. The lowest BCUT2D eigenvalue weighted by Crippen LogP contribution is -2.52. The van der Waals surface area contributed by atoms with E-state index in [2.05, 4.69) is 5.32 Å². The third-order valence-electron chi connectivity index (χ3n) is 5.73. The Hall–Kier alpha value is -3.02. The van der Waals surface area contributed by atoms with Crippen LogP contribution in [0.3, 0.4) is 0 Å². The highest BCUT2D eigenvalue weighted by molar-refractivity contribution is 6.42. The molecule has 36 heavy (non-hydrogen) atoms. The summed E-state index contributed by atoms with van der Waals surface area (Å²) in [6.07, 6.45) is 0.357. The van der Waals surface area contributed by atoms with E-state index >= 15 is 0 Å². The van der Waals surface area contributed by atoms with Crippen molar-refractivity contribution in [1.29, 1.82) is 0 Å². The number of amides is 2. The molecule has 0 saturated heterocycles. The van der Waals surface area contributed by atoms with Crippen LogP contribution in [0.1, 0.15) is 36.1 Å². The van der Waals surface area contributed by atoms with Gasteiger partial charge in [-0.25, -0.2) is 0 Å². The zero-order valence-corrected chi connectivity index (χ0v) is 22.6. The van der Waals surface area contributed by atoms with E-state index in [1.54, 1.807) is 23.1 Å². The smallest absolute Gasteiger partial charge is 0.261 e. The van der Waals surface area contributed by atoms with Crippen molar-refractivity contribution in [2.24, 2.45) is 0 Å². The highest BCUT2D eigenvalue weighted by Crippen LogP contribution is 2.25. The fourth-order valence-corrected chi connectivity index (χ4v) is 4.18. The van der Waals surface area contributed by atoms with Gasteiger partial charge in [0.1, 0.15) is 11.8 Å². The highest BCUT2D eigenvalue weighted by atomic mass is 35.5. The molecule has 0 fully saturated rings. The highest BCUT2D eigenvalue weighted by Gasteiger charge is 2.31. The zero-order chi connectivity index (χ0) is 26.2. The fraction of sp³-hybridized carbons (Fsp3) is 0.310. The van der Waals surface area contributed by atoms with Crippen molar-refractivity contribution in [1.82, 2.24) is 10.2 Å². The summed E-state index contributed by atoms with van der Waals surface area (Å²) in [5, 5.41) is 3.79. The molecule has 0 spiro atoms. The van der Waals surface area contributed by atoms with Crippen LogP contribution in [-0.4, -0.2) is 35.4 Å².